The Hall–Kier alpha value is -3.13. The Kier molecular flexibility index (Phi) is 3.95. The molecule has 3 heterocycles. The summed E-state index contributed by atoms with van der Waals surface area (Å²) in [7, 11) is 0. The van der Waals surface area contributed by atoms with Gasteiger partial charge in [-0.25, -0.2) is 0 Å². The van der Waals surface area contributed by atoms with E-state index in [0.717, 1.165) is 33.2 Å². The number of furan rings is 1. The number of benzene rings is 3. The van der Waals surface area contributed by atoms with E-state index in [1.54, 1.807) is 0 Å². The first-order valence-electron chi connectivity index (χ1n) is 10.1. The predicted molar refractivity (Wildman–Crippen MR) is 126 cm³/mol. The predicted octanol–water partition coefficient (Wildman–Crippen LogP) is 7.14. The summed E-state index contributed by atoms with van der Waals surface area (Å²) >= 11 is 0.270. The zero-order chi connectivity index (χ0) is 20.2. The third-order valence-corrected chi connectivity index (χ3v) is 8.15. The Labute approximate surface area is 180 Å². The van der Waals surface area contributed by atoms with Gasteiger partial charge in [0, 0.05) is 0 Å². The molecule has 0 N–H and O–H groups in total. The minimum atomic E-state index is 0.270. The Bertz CT molecular complexity index is 1550. The van der Waals surface area contributed by atoms with Crippen molar-refractivity contribution in [2.24, 2.45) is 0 Å². The summed E-state index contributed by atoms with van der Waals surface area (Å²) in [5.74, 6) is 0. The molecule has 0 atom stereocenters. The van der Waals surface area contributed by atoms with Crippen LogP contribution in [0.4, 0.5) is 0 Å². The van der Waals surface area contributed by atoms with Gasteiger partial charge in [-0.15, -0.1) is 0 Å². The molecule has 0 saturated heterocycles. The van der Waals surface area contributed by atoms with E-state index in [9.17, 15) is 0 Å². The second-order valence-corrected chi connectivity index (χ2v) is 10.0. The number of nitrogens with zero attached hydrogens (tertiary/aromatic N) is 1. The summed E-state index contributed by atoms with van der Waals surface area (Å²) in [5, 5.41) is 3.54. The van der Waals surface area contributed by atoms with Gasteiger partial charge in [0.1, 0.15) is 0 Å². The number of rotatable bonds is 2. The fourth-order valence-corrected chi connectivity index (χ4v) is 6.97. The molecule has 0 amide bonds. The van der Waals surface area contributed by atoms with Crippen LogP contribution in [0, 0.1) is 13.8 Å². The van der Waals surface area contributed by atoms with Crippen LogP contribution in [0.1, 0.15) is 11.1 Å². The molecule has 3 aromatic heterocycles. The topological polar surface area (TPSA) is 26.0 Å². The van der Waals surface area contributed by atoms with Gasteiger partial charge in [-0.05, 0) is 0 Å². The van der Waals surface area contributed by atoms with E-state index in [-0.39, 0.29) is 14.5 Å². The Morgan fingerprint density at radius 2 is 1.57 bits per heavy atom. The average molecular weight is 452 g/mol. The van der Waals surface area contributed by atoms with Gasteiger partial charge in [0.25, 0.3) is 0 Å². The number of aryl methyl sites for hydroxylation is 2. The van der Waals surface area contributed by atoms with Crippen molar-refractivity contribution in [1.29, 1.82) is 0 Å². The molecule has 144 valence electrons. The van der Waals surface area contributed by atoms with E-state index in [4.69, 9.17) is 9.40 Å². The maximum absolute atomic E-state index is 6.23. The molecule has 0 unspecified atom stereocenters. The van der Waals surface area contributed by atoms with E-state index in [0.29, 0.717) is 0 Å². The van der Waals surface area contributed by atoms with E-state index in [1.807, 2.05) is 18.3 Å². The molecule has 3 aromatic carbocycles. The van der Waals surface area contributed by atoms with Gasteiger partial charge in [0.05, 0.1) is 0 Å². The third kappa shape index (κ3) is 2.67. The minimum absolute atomic E-state index is 0.270. The van der Waals surface area contributed by atoms with Crippen molar-refractivity contribution in [3.05, 3.63) is 90.1 Å². The van der Waals surface area contributed by atoms with Gasteiger partial charge >= 0.3 is 181 Å². The molecular weight excluding hydrogens is 433 g/mol. The van der Waals surface area contributed by atoms with Gasteiger partial charge in [0.15, 0.2) is 0 Å². The van der Waals surface area contributed by atoms with E-state index in [1.165, 1.54) is 30.8 Å². The standard InChI is InChI=1S/C27H19NOSe/c1-16-7-5-8-17(2)26(16)25-13-18-15-28-22(14-24(18)30-25)21-11-6-10-20-19-9-3-4-12-23(19)29-27(20)21/h3-15H,1-2H3. The van der Waals surface area contributed by atoms with Crippen LogP contribution in [0.25, 0.3) is 52.8 Å². The Balaban J connectivity index is 1.54. The number of para-hydroxylation sites is 2. The fourth-order valence-electron chi connectivity index (χ4n) is 4.36. The summed E-state index contributed by atoms with van der Waals surface area (Å²) in [6.45, 7) is 4.41. The molecule has 30 heavy (non-hydrogen) atoms. The van der Waals surface area contributed by atoms with Gasteiger partial charge in [-0.1, -0.05) is 0 Å². The van der Waals surface area contributed by atoms with Crippen molar-refractivity contribution in [3.63, 3.8) is 0 Å². The van der Waals surface area contributed by atoms with E-state index >= 15 is 0 Å². The van der Waals surface area contributed by atoms with Crippen molar-refractivity contribution in [1.82, 2.24) is 4.98 Å². The molecule has 0 spiro atoms. The number of pyridine rings is 1. The zero-order valence-electron chi connectivity index (χ0n) is 16.8. The molecule has 3 heteroatoms. The van der Waals surface area contributed by atoms with Crippen LogP contribution >= 0.6 is 0 Å². The molecule has 6 rings (SSSR count). The van der Waals surface area contributed by atoms with Crippen LogP contribution in [0.15, 0.2) is 83.4 Å². The van der Waals surface area contributed by atoms with Crippen LogP contribution in [0.5, 0.6) is 0 Å². The van der Waals surface area contributed by atoms with Gasteiger partial charge in [0.2, 0.25) is 0 Å². The molecule has 0 aliphatic rings. The van der Waals surface area contributed by atoms with Crippen molar-refractivity contribution in [2.45, 2.75) is 13.8 Å². The first-order valence-corrected chi connectivity index (χ1v) is 11.8. The van der Waals surface area contributed by atoms with Crippen molar-refractivity contribution < 1.29 is 4.42 Å². The number of aromatic nitrogens is 1. The second kappa shape index (κ2) is 6.70. The van der Waals surface area contributed by atoms with Crippen molar-refractivity contribution in [3.8, 4) is 21.3 Å². The average Bonchev–Trinajstić information content (AvgIpc) is 3.34. The van der Waals surface area contributed by atoms with Crippen LogP contribution in [-0.2, 0) is 0 Å². The van der Waals surface area contributed by atoms with Crippen LogP contribution in [0.3, 0.4) is 0 Å². The molecule has 0 fully saturated rings. The fraction of sp³-hybridized carbons (Fsp3) is 0.0741. The summed E-state index contributed by atoms with van der Waals surface area (Å²) in [4.78, 5) is 4.82. The summed E-state index contributed by atoms with van der Waals surface area (Å²) < 4.78 is 9.06. The van der Waals surface area contributed by atoms with Crippen LogP contribution in [-0.4, -0.2) is 19.5 Å². The van der Waals surface area contributed by atoms with E-state index < -0.39 is 0 Å². The second-order valence-electron chi connectivity index (χ2n) is 7.77. The number of hydrogen-bond acceptors (Lipinski definition) is 2. The summed E-state index contributed by atoms with van der Waals surface area (Å²) in [6, 6.07) is 25.7. The van der Waals surface area contributed by atoms with Gasteiger partial charge in [-0.2, -0.15) is 0 Å². The molecular formula is C27H19NOSe. The van der Waals surface area contributed by atoms with Gasteiger partial charge in [-0.3, -0.25) is 0 Å². The quantitative estimate of drug-likeness (QED) is 0.261. The third-order valence-electron chi connectivity index (χ3n) is 5.81. The maximum atomic E-state index is 6.23. The monoisotopic (exact) mass is 453 g/mol. The molecule has 6 aromatic rings. The first-order chi connectivity index (χ1) is 14.7. The van der Waals surface area contributed by atoms with Crippen LogP contribution in [0.2, 0.25) is 0 Å². The molecule has 0 bridgehead atoms. The zero-order valence-corrected chi connectivity index (χ0v) is 18.5. The first kappa shape index (κ1) is 17.7. The molecule has 0 radical (unpaired) electrons. The summed E-state index contributed by atoms with van der Waals surface area (Å²) in [6.07, 6.45) is 2.02. The van der Waals surface area contributed by atoms with Crippen molar-refractivity contribution in [2.75, 3.05) is 0 Å². The SMILES string of the molecule is Cc1cccc(C)c1-c1cc2cnc(-c3cccc4c3oc3ccccc34)cc2[se]1. The Morgan fingerprint density at radius 1 is 0.800 bits per heavy atom. The number of fused-ring (bicyclic) bond motifs is 4. The van der Waals surface area contributed by atoms with E-state index in [2.05, 4.69) is 74.5 Å². The number of hydrogen-bond donors (Lipinski definition) is 0. The summed E-state index contributed by atoms with van der Waals surface area (Å²) in [5.41, 5.74) is 7.96. The molecule has 2 nitrogen and oxygen atoms in total. The normalized spacial score (nSPS) is 11.7. The van der Waals surface area contributed by atoms with Crippen LogP contribution < -0.4 is 0 Å². The Morgan fingerprint density at radius 3 is 2.43 bits per heavy atom. The van der Waals surface area contributed by atoms with Crippen molar-refractivity contribution >= 4 is 46.1 Å². The molecule has 0 saturated carbocycles. The van der Waals surface area contributed by atoms with Gasteiger partial charge < -0.3 is 0 Å². The molecule has 0 aliphatic heterocycles. The molecule has 0 aliphatic carbocycles.